The van der Waals surface area contributed by atoms with Crippen LogP contribution in [0.3, 0.4) is 0 Å². The number of benzene rings is 1. The number of hydrogen-bond donors (Lipinski definition) is 0. The van der Waals surface area contributed by atoms with E-state index in [2.05, 4.69) is 41.0 Å². The zero-order valence-electron chi connectivity index (χ0n) is 15.4. The first-order chi connectivity index (χ1) is 12.1. The Kier molecular flexibility index (Phi) is 4.83. The molecule has 3 aliphatic heterocycles. The molecular formula is C21H30N2O2. The van der Waals surface area contributed by atoms with Crippen molar-refractivity contribution < 1.29 is 9.53 Å². The summed E-state index contributed by atoms with van der Waals surface area (Å²) in [4.78, 5) is 17.8. The van der Waals surface area contributed by atoms with Crippen LogP contribution in [0, 0.1) is 18.3 Å². The van der Waals surface area contributed by atoms with Gasteiger partial charge in [-0.2, -0.15) is 0 Å². The second-order valence-corrected chi connectivity index (χ2v) is 8.29. The van der Waals surface area contributed by atoms with Gasteiger partial charge in [-0.15, -0.1) is 0 Å². The fourth-order valence-corrected chi connectivity index (χ4v) is 4.86. The minimum atomic E-state index is -0.102. The molecule has 0 N–H and O–H groups in total. The van der Waals surface area contributed by atoms with E-state index in [1.54, 1.807) is 0 Å². The first kappa shape index (κ1) is 17.0. The summed E-state index contributed by atoms with van der Waals surface area (Å²) in [7, 11) is 0. The number of carbonyl (C=O) groups is 1. The summed E-state index contributed by atoms with van der Waals surface area (Å²) in [6.07, 6.45) is 4.43. The van der Waals surface area contributed by atoms with Gasteiger partial charge in [-0.3, -0.25) is 4.79 Å². The molecule has 0 aromatic heterocycles. The van der Waals surface area contributed by atoms with Crippen molar-refractivity contribution in [3.05, 3.63) is 35.4 Å². The predicted molar refractivity (Wildman–Crippen MR) is 98.2 cm³/mol. The minimum Gasteiger partial charge on any atom is -0.381 e. The Balaban J connectivity index is 1.36. The maximum Gasteiger partial charge on any atom is 0.230 e. The molecule has 3 heterocycles. The lowest BCUT2D eigenvalue weighted by Crippen LogP contribution is -2.38. The van der Waals surface area contributed by atoms with Crippen molar-refractivity contribution in [2.45, 2.75) is 39.2 Å². The molecule has 0 aliphatic carbocycles. The maximum atomic E-state index is 13.1. The summed E-state index contributed by atoms with van der Waals surface area (Å²) >= 11 is 0. The standard InChI is InChI=1S/C21H30N2O2/c1-17-3-2-4-19(13-17)15-23-10-8-21(20(23)24)7-9-22(16-21)14-18-5-11-25-12-6-18/h2-4,13,18H,5-12,14-16H2,1H3/t21-/m1/s1. The van der Waals surface area contributed by atoms with Gasteiger partial charge >= 0.3 is 0 Å². The Bertz CT molecular complexity index is 626. The molecule has 0 radical (unpaired) electrons. The molecule has 1 amide bonds. The Morgan fingerprint density at radius 2 is 2.00 bits per heavy atom. The topological polar surface area (TPSA) is 32.8 Å². The molecule has 3 aliphatic rings. The fraction of sp³-hybridized carbons (Fsp3) is 0.667. The number of amides is 1. The van der Waals surface area contributed by atoms with E-state index in [9.17, 15) is 4.79 Å². The molecule has 3 fully saturated rings. The molecule has 136 valence electrons. The molecule has 4 rings (SSSR count). The van der Waals surface area contributed by atoms with Gasteiger partial charge in [0.05, 0.1) is 5.41 Å². The predicted octanol–water partition coefficient (Wildman–Crippen LogP) is 2.85. The first-order valence-electron chi connectivity index (χ1n) is 9.80. The van der Waals surface area contributed by atoms with E-state index in [0.717, 1.165) is 64.7 Å². The third-order valence-corrected chi connectivity index (χ3v) is 6.35. The zero-order valence-corrected chi connectivity index (χ0v) is 15.4. The lowest BCUT2D eigenvalue weighted by Gasteiger charge is -2.28. The highest BCUT2D eigenvalue weighted by Gasteiger charge is 2.50. The number of ether oxygens (including phenoxy) is 1. The van der Waals surface area contributed by atoms with E-state index in [1.807, 2.05) is 0 Å². The van der Waals surface area contributed by atoms with Gasteiger partial charge in [0.15, 0.2) is 0 Å². The SMILES string of the molecule is Cc1cccc(CN2CC[C@@]3(CCN(CC4CCOCC4)C3)C2=O)c1. The van der Waals surface area contributed by atoms with Crippen molar-refractivity contribution in [2.24, 2.45) is 11.3 Å². The van der Waals surface area contributed by atoms with Gasteiger partial charge in [0.2, 0.25) is 5.91 Å². The van der Waals surface area contributed by atoms with Crippen LogP contribution >= 0.6 is 0 Å². The molecule has 25 heavy (non-hydrogen) atoms. The van der Waals surface area contributed by atoms with Crippen LogP contribution in [0.15, 0.2) is 24.3 Å². The van der Waals surface area contributed by atoms with Crippen molar-refractivity contribution in [2.75, 3.05) is 39.4 Å². The van der Waals surface area contributed by atoms with Gasteiger partial charge in [0, 0.05) is 39.4 Å². The highest BCUT2D eigenvalue weighted by Crippen LogP contribution is 2.41. The number of rotatable bonds is 4. The van der Waals surface area contributed by atoms with Crippen LogP contribution < -0.4 is 0 Å². The molecule has 1 aromatic carbocycles. The molecule has 0 unspecified atom stereocenters. The third kappa shape index (κ3) is 3.61. The number of nitrogens with zero attached hydrogens (tertiary/aromatic N) is 2. The molecule has 0 bridgehead atoms. The van der Waals surface area contributed by atoms with Crippen molar-refractivity contribution in [3.8, 4) is 0 Å². The summed E-state index contributed by atoms with van der Waals surface area (Å²) in [5.41, 5.74) is 2.42. The van der Waals surface area contributed by atoms with Crippen molar-refractivity contribution >= 4 is 5.91 Å². The maximum absolute atomic E-state index is 13.1. The van der Waals surface area contributed by atoms with Gasteiger partial charge in [0.25, 0.3) is 0 Å². The summed E-state index contributed by atoms with van der Waals surface area (Å²) in [5.74, 6) is 1.15. The molecular weight excluding hydrogens is 312 g/mol. The highest BCUT2D eigenvalue weighted by molar-refractivity contribution is 5.85. The number of carbonyl (C=O) groups excluding carboxylic acids is 1. The van der Waals surface area contributed by atoms with Gasteiger partial charge < -0.3 is 14.5 Å². The van der Waals surface area contributed by atoms with Crippen molar-refractivity contribution in [3.63, 3.8) is 0 Å². The van der Waals surface area contributed by atoms with E-state index < -0.39 is 0 Å². The van der Waals surface area contributed by atoms with E-state index in [0.29, 0.717) is 5.91 Å². The summed E-state index contributed by atoms with van der Waals surface area (Å²) in [6, 6.07) is 8.54. The Hall–Kier alpha value is -1.39. The second-order valence-electron chi connectivity index (χ2n) is 8.29. The minimum absolute atomic E-state index is 0.102. The molecule has 3 saturated heterocycles. The van der Waals surface area contributed by atoms with Gasteiger partial charge in [-0.1, -0.05) is 29.8 Å². The Morgan fingerprint density at radius 3 is 2.80 bits per heavy atom. The van der Waals surface area contributed by atoms with Crippen LogP contribution in [-0.4, -0.2) is 55.1 Å². The van der Waals surface area contributed by atoms with Crippen LogP contribution in [0.5, 0.6) is 0 Å². The molecule has 1 atom stereocenters. The van der Waals surface area contributed by atoms with Crippen molar-refractivity contribution in [1.29, 1.82) is 0 Å². The van der Waals surface area contributed by atoms with E-state index in [1.165, 1.54) is 24.0 Å². The number of hydrogen-bond acceptors (Lipinski definition) is 3. The van der Waals surface area contributed by atoms with E-state index >= 15 is 0 Å². The van der Waals surface area contributed by atoms with Crippen molar-refractivity contribution in [1.82, 2.24) is 9.80 Å². The van der Waals surface area contributed by atoms with Gasteiger partial charge in [0.1, 0.15) is 0 Å². The van der Waals surface area contributed by atoms with Crippen LogP contribution in [0.1, 0.15) is 36.8 Å². The highest BCUT2D eigenvalue weighted by atomic mass is 16.5. The number of aryl methyl sites for hydroxylation is 1. The summed E-state index contributed by atoms with van der Waals surface area (Å²) in [5, 5.41) is 0. The Labute approximate surface area is 151 Å². The number of likely N-dealkylation sites (tertiary alicyclic amines) is 2. The average Bonchev–Trinajstić information content (AvgIpc) is 3.15. The second kappa shape index (κ2) is 7.08. The van der Waals surface area contributed by atoms with Crippen LogP contribution in [-0.2, 0) is 16.1 Å². The van der Waals surface area contributed by atoms with Crippen LogP contribution in [0.2, 0.25) is 0 Å². The lowest BCUT2D eigenvalue weighted by atomic mass is 9.85. The average molecular weight is 342 g/mol. The fourth-order valence-electron chi connectivity index (χ4n) is 4.86. The van der Waals surface area contributed by atoms with Crippen LogP contribution in [0.4, 0.5) is 0 Å². The molecule has 1 aromatic rings. The third-order valence-electron chi connectivity index (χ3n) is 6.35. The lowest BCUT2D eigenvalue weighted by molar-refractivity contribution is -0.136. The van der Waals surface area contributed by atoms with Gasteiger partial charge in [-0.05, 0) is 50.6 Å². The Morgan fingerprint density at radius 1 is 1.20 bits per heavy atom. The first-order valence-corrected chi connectivity index (χ1v) is 9.80. The summed E-state index contributed by atoms with van der Waals surface area (Å²) in [6.45, 7) is 8.81. The van der Waals surface area contributed by atoms with E-state index in [-0.39, 0.29) is 5.41 Å². The molecule has 4 nitrogen and oxygen atoms in total. The summed E-state index contributed by atoms with van der Waals surface area (Å²) < 4.78 is 5.47. The van der Waals surface area contributed by atoms with Gasteiger partial charge in [-0.25, -0.2) is 0 Å². The molecule has 0 saturated carbocycles. The normalized spacial score (nSPS) is 28.4. The monoisotopic (exact) mass is 342 g/mol. The molecule has 1 spiro atoms. The van der Waals surface area contributed by atoms with Crippen LogP contribution in [0.25, 0.3) is 0 Å². The largest absolute Gasteiger partial charge is 0.381 e. The van der Waals surface area contributed by atoms with E-state index in [4.69, 9.17) is 4.74 Å². The smallest absolute Gasteiger partial charge is 0.230 e. The quantitative estimate of drug-likeness (QED) is 0.843. The molecule has 4 heteroatoms. The zero-order chi connectivity index (χ0) is 17.3.